The minimum absolute atomic E-state index is 0.119. The number of carbonyl (C=O) groups excluding carboxylic acids is 1. The average Bonchev–Trinajstić information content (AvgIpc) is 2.64. The predicted molar refractivity (Wildman–Crippen MR) is 103 cm³/mol. The molecule has 0 heterocycles. The van der Waals surface area contributed by atoms with Gasteiger partial charge >= 0.3 is 0 Å². The maximum absolute atomic E-state index is 12.5. The highest BCUT2D eigenvalue weighted by atomic mass is 32.2. The molecule has 2 aromatic carbocycles. The van der Waals surface area contributed by atoms with E-state index in [2.05, 4.69) is 5.32 Å². The number of amides is 1. The highest BCUT2D eigenvalue weighted by Crippen LogP contribution is 2.21. The molecule has 26 heavy (non-hydrogen) atoms. The van der Waals surface area contributed by atoms with E-state index in [1.165, 1.54) is 11.4 Å². The summed E-state index contributed by atoms with van der Waals surface area (Å²) in [4.78, 5) is 12.5. The SMILES string of the molecule is CC[C@@H](NC(=O)c1ccc(N(C)S(C)(=O)=O)cc1)c1ccc(OC)cc1. The number of sulfonamides is 1. The third kappa shape index (κ3) is 4.76. The number of anilines is 1. The van der Waals surface area contributed by atoms with Crippen molar-refractivity contribution in [2.45, 2.75) is 19.4 Å². The molecule has 1 atom stereocenters. The van der Waals surface area contributed by atoms with Crippen LogP contribution in [0.2, 0.25) is 0 Å². The minimum Gasteiger partial charge on any atom is -0.497 e. The lowest BCUT2D eigenvalue weighted by Crippen LogP contribution is -2.28. The van der Waals surface area contributed by atoms with Gasteiger partial charge in [-0.05, 0) is 48.4 Å². The lowest BCUT2D eigenvalue weighted by Gasteiger charge is -2.19. The Bertz CT molecular complexity index is 846. The largest absolute Gasteiger partial charge is 0.497 e. The number of rotatable bonds is 7. The van der Waals surface area contributed by atoms with Gasteiger partial charge in [-0.2, -0.15) is 0 Å². The zero-order valence-corrected chi connectivity index (χ0v) is 16.2. The molecule has 7 heteroatoms. The molecule has 0 aromatic heterocycles. The van der Waals surface area contributed by atoms with Gasteiger partial charge in [0.25, 0.3) is 5.91 Å². The number of nitrogens with one attached hydrogen (secondary N) is 1. The van der Waals surface area contributed by atoms with Gasteiger partial charge in [0.15, 0.2) is 0 Å². The van der Waals surface area contributed by atoms with Crippen molar-refractivity contribution < 1.29 is 17.9 Å². The third-order valence-electron chi connectivity index (χ3n) is 4.22. The molecule has 140 valence electrons. The molecule has 0 saturated heterocycles. The first kappa shape index (κ1) is 19.8. The maximum Gasteiger partial charge on any atom is 0.251 e. The third-order valence-corrected chi connectivity index (χ3v) is 5.43. The second kappa shape index (κ2) is 8.23. The van der Waals surface area contributed by atoms with Crippen LogP contribution in [-0.2, 0) is 10.0 Å². The first-order valence-corrected chi connectivity index (χ1v) is 10.1. The summed E-state index contributed by atoms with van der Waals surface area (Å²) in [5, 5.41) is 3.00. The lowest BCUT2D eigenvalue weighted by molar-refractivity contribution is 0.0935. The van der Waals surface area contributed by atoms with Gasteiger partial charge in [0, 0.05) is 12.6 Å². The topological polar surface area (TPSA) is 75.7 Å². The summed E-state index contributed by atoms with van der Waals surface area (Å²) in [5.41, 5.74) is 1.98. The molecule has 6 nitrogen and oxygen atoms in total. The van der Waals surface area contributed by atoms with E-state index in [0.717, 1.165) is 24.0 Å². The fourth-order valence-corrected chi connectivity index (χ4v) is 3.02. The van der Waals surface area contributed by atoms with Crippen molar-refractivity contribution in [3.8, 4) is 5.75 Å². The van der Waals surface area contributed by atoms with E-state index in [-0.39, 0.29) is 11.9 Å². The van der Waals surface area contributed by atoms with E-state index in [1.54, 1.807) is 31.4 Å². The summed E-state index contributed by atoms with van der Waals surface area (Å²) in [5.74, 6) is 0.557. The Labute approximate surface area is 154 Å². The van der Waals surface area contributed by atoms with Crippen LogP contribution in [0.5, 0.6) is 5.75 Å². The van der Waals surface area contributed by atoms with E-state index >= 15 is 0 Å². The Morgan fingerprint density at radius 3 is 2.15 bits per heavy atom. The Balaban J connectivity index is 2.12. The second-order valence-corrected chi connectivity index (χ2v) is 8.00. The van der Waals surface area contributed by atoms with Crippen molar-refractivity contribution in [3.05, 3.63) is 59.7 Å². The van der Waals surface area contributed by atoms with Gasteiger partial charge in [-0.15, -0.1) is 0 Å². The highest BCUT2D eigenvalue weighted by molar-refractivity contribution is 7.92. The van der Waals surface area contributed by atoms with Crippen molar-refractivity contribution in [2.75, 3.05) is 24.7 Å². The summed E-state index contributed by atoms with van der Waals surface area (Å²) in [7, 11) is -0.248. The Hall–Kier alpha value is -2.54. The van der Waals surface area contributed by atoms with Gasteiger partial charge in [0.2, 0.25) is 10.0 Å². The molecule has 0 saturated carbocycles. The van der Waals surface area contributed by atoms with Crippen LogP contribution in [0.3, 0.4) is 0 Å². The van der Waals surface area contributed by atoms with Crippen LogP contribution in [0.4, 0.5) is 5.69 Å². The van der Waals surface area contributed by atoms with Crippen LogP contribution in [0.25, 0.3) is 0 Å². The van der Waals surface area contributed by atoms with Gasteiger partial charge in [-0.3, -0.25) is 9.10 Å². The molecule has 0 fully saturated rings. The number of carbonyl (C=O) groups is 1. The molecule has 0 unspecified atom stereocenters. The Morgan fingerprint density at radius 1 is 1.12 bits per heavy atom. The lowest BCUT2D eigenvalue weighted by atomic mass is 10.0. The van der Waals surface area contributed by atoms with Crippen molar-refractivity contribution in [1.29, 1.82) is 0 Å². The van der Waals surface area contributed by atoms with Crippen LogP contribution in [0, 0.1) is 0 Å². The summed E-state index contributed by atoms with van der Waals surface area (Å²) in [6, 6.07) is 13.9. The van der Waals surface area contributed by atoms with Gasteiger partial charge < -0.3 is 10.1 Å². The molecule has 2 aromatic rings. The van der Waals surface area contributed by atoms with Gasteiger partial charge in [0.1, 0.15) is 5.75 Å². The van der Waals surface area contributed by atoms with Crippen LogP contribution >= 0.6 is 0 Å². The van der Waals surface area contributed by atoms with Crippen LogP contribution in [0.15, 0.2) is 48.5 Å². The van der Waals surface area contributed by atoms with Crippen molar-refractivity contribution in [1.82, 2.24) is 5.32 Å². The van der Waals surface area contributed by atoms with Crippen molar-refractivity contribution >= 4 is 21.6 Å². The van der Waals surface area contributed by atoms with Gasteiger partial charge in [-0.25, -0.2) is 8.42 Å². The first-order chi connectivity index (χ1) is 12.3. The fourth-order valence-electron chi connectivity index (χ4n) is 2.51. The van der Waals surface area contributed by atoms with E-state index < -0.39 is 10.0 Å². The number of methoxy groups -OCH3 is 1. The summed E-state index contributed by atoms with van der Waals surface area (Å²) < 4.78 is 29.5. The standard InChI is InChI=1S/C19H24N2O4S/c1-5-18(14-8-12-17(25-3)13-9-14)20-19(22)15-6-10-16(11-7-15)21(2)26(4,23)24/h6-13,18H,5H2,1-4H3,(H,20,22)/t18-/m1/s1. The van der Waals surface area contributed by atoms with E-state index in [0.29, 0.717) is 11.3 Å². The molecular weight excluding hydrogens is 352 g/mol. The number of hydrogen-bond acceptors (Lipinski definition) is 4. The fraction of sp³-hybridized carbons (Fsp3) is 0.316. The van der Waals surface area contributed by atoms with Crippen LogP contribution in [-0.4, -0.2) is 34.7 Å². The number of benzene rings is 2. The highest BCUT2D eigenvalue weighted by Gasteiger charge is 2.16. The molecule has 1 N–H and O–H groups in total. The van der Waals surface area contributed by atoms with Crippen LogP contribution in [0.1, 0.15) is 35.3 Å². The second-order valence-electron chi connectivity index (χ2n) is 5.98. The average molecular weight is 376 g/mol. The smallest absolute Gasteiger partial charge is 0.251 e. The Kier molecular flexibility index (Phi) is 6.26. The van der Waals surface area contributed by atoms with Gasteiger partial charge in [-0.1, -0.05) is 19.1 Å². The normalized spacial score (nSPS) is 12.3. The molecule has 0 aliphatic carbocycles. The molecule has 1 amide bonds. The van der Waals surface area contributed by atoms with Crippen molar-refractivity contribution in [2.24, 2.45) is 0 Å². The molecule has 0 radical (unpaired) electrons. The summed E-state index contributed by atoms with van der Waals surface area (Å²) in [6.07, 6.45) is 1.88. The molecule has 0 bridgehead atoms. The zero-order chi connectivity index (χ0) is 19.3. The van der Waals surface area contributed by atoms with E-state index in [4.69, 9.17) is 4.74 Å². The van der Waals surface area contributed by atoms with E-state index in [9.17, 15) is 13.2 Å². The van der Waals surface area contributed by atoms with E-state index in [1.807, 2.05) is 31.2 Å². The maximum atomic E-state index is 12.5. The molecule has 0 spiro atoms. The summed E-state index contributed by atoms with van der Waals surface area (Å²) in [6.45, 7) is 2.00. The van der Waals surface area contributed by atoms with Crippen LogP contribution < -0.4 is 14.4 Å². The molecular formula is C19H24N2O4S. The van der Waals surface area contributed by atoms with Gasteiger partial charge in [0.05, 0.1) is 25.1 Å². The number of nitrogens with zero attached hydrogens (tertiary/aromatic N) is 1. The monoisotopic (exact) mass is 376 g/mol. The minimum atomic E-state index is -3.33. The quantitative estimate of drug-likeness (QED) is 0.806. The van der Waals surface area contributed by atoms with Crippen molar-refractivity contribution in [3.63, 3.8) is 0 Å². The zero-order valence-electron chi connectivity index (χ0n) is 15.4. The molecule has 0 aliphatic rings. The first-order valence-electron chi connectivity index (χ1n) is 8.25. The summed E-state index contributed by atoms with van der Waals surface area (Å²) >= 11 is 0. The molecule has 0 aliphatic heterocycles. The number of hydrogen-bond donors (Lipinski definition) is 1. The number of ether oxygens (including phenoxy) is 1. The molecule has 2 rings (SSSR count). The Morgan fingerprint density at radius 2 is 1.69 bits per heavy atom. The predicted octanol–water partition coefficient (Wildman–Crippen LogP) is 2.97.